The van der Waals surface area contributed by atoms with Crippen molar-refractivity contribution in [3.05, 3.63) is 35.9 Å². The molecule has 0 saturated heterocycles. The lowest BCUT2D eigenvalue weighted by Gasteiger charge is -2.12. The van der Waals surface area contributed by atoms with Gasteiger partial charge in [0.15, 0.2) is 0 Å². The molecule has 1 aromatic rings. The highest BCUT2D eigenvalue weighted by atomic mass is 16.2. The molecule has 0 aliphatic heterocycles. The maximum atomic E-state index is 11.4. The monoisotopic (exact) mass is 217 g/mol. The van der Waals surface area contributed by atoms with Crippen molar-refractivity contribution in [1.82, 2.24) is 10.2 Å². The summed E-state index contributed by atoms with van der Waals surface area (Å²) in [5.74, 6) is -0.0680. The molecular weight excluding hydrogens is 202 g/mol. The van der Waals surface area contributed by atoms with Crippen LogP contribution in [0.5, 0.6) is 0 Å². The number of nitrogens with zero attached hydrogens (tertiary/aromatic N) is 2. The maximum absolute atomic E-state index is 11.4. The van der Waals surface area contributed by atoms with Gasteiger partial charge in [-0.2, -0.15) is 5.26 Å². The molecule has 1 N–H and O–H groups in total. The van der Waals surface area contributed by atoms with Gasteiger partial charge < -0.3 is 5.32 Å². The summed E-state index contributed by atoms with van der Waals surface area (Å²) < 4.78 is 0. The minimum absolute atomic E-state index is 0.0680. The van der Waals surface area contributed by atoms with Crippen molar-refractivity contribution in [2.75, 3.05) is 20.1 Å². The highest BCUT2D eigenvalue weighted by molar-refractivity contribution is 5.77. The fourth-order valence-corrected chi connectivity index (χ4v) is 1.27. The second-order valence-electron chi connectivity index (χ2n) is 3.59. The Morgan fingerprint density at radius 1 is 1.44 bits per heavy atom. The van der Waals surface area contributed by atoms with E-state index in [1.165, 1.54) is 0 Å². The van der Waals surface area contributed by atoms with Crippen molar-refractivity contribution in [1.29, 1.82) is 5.26 Å². The number of amides is 1. The van der Waals surface area contributed by atoms with Crippen molar-refractivity contribution < 1.29 is 4.79 Å². The van der Waals surface area contributed by atoms with Crippen LogP contribution in [0.25, 0.3) is 0 Å². The normalized spacial score (nSPS) is 9.81. The van der Waals surface area contributed by atoms with E-state index in [1.807, 2.05) is 36.4 Å². The average Bonchev–Trinajstić information content (AvgIpc) is 2.28. The van der Waals surface area contributed by atoms with Crippen LogP contribution in [0, 0.1) is 11.3 Å². The van der Waals surface area contributed by atoms with E-state index in [1.54, 1.807) is 11.9 Å². The number of nitriles is 1. The van der Waals surface area contributed by atoms with Gasteiger partial charge in [0.2, 0.25) is 5.91 Å². The Labute approximate surface area is 95.5 Å². The smallest absolute Gasteiger partial charge is 0.234 e. The maximum Gasteiger partial charge on any atom is 0.234 e. The molecule has 1 rings (SSSR count). The zero-order valence-electron chi connectivity index (χ0n) is 9.31. The quantitative estimate of drug-likeness (QED) is 0.741. The first-order chi connectivity index (χ1) is 7.72. The highest BCUT2D eigenvalue weighted by Gasteiger charge is 2.04. The molecule has 0 aromatic heterocycles. The molecule has 0 atom stereocenters. The van der Waals surface area contributed by atoms with Gasteiger partial charge in [-0.05, 0) is 12.6 Å². The summed E-state index contributed by atoms with van der Waals surface area (Å²) in [6.07, 6.45) is 0. The third-order valence-corrected chi connectivity index (χ3v) is 2.09. The number of nitrogens with one attached hydrogen (secondary N) is 1. The van der Waals surface area contributed by atoms with Crippen molar-refractivity contribution in [2.24, 2.45) is 0 Å². The van der Waals surface area contributed by atoms with Crippen molar-refractivity contribution in [3.8, 4) is 6.07 Å². The molecule has 16 heavy (non-hydrogen) atoms. The lowest BCUT2D eigenvalue weighted by atomic mass is 10.2. The lowest BCUT2D eigenvalue weighted by molar-refractivity contribution is -0.122. The second-order valence-corrected chi connectivity index (χ2v) is 3.59. The molecule has 0 saturated carbocycles. The summed E-state index contributed by atoms with van der Waals surface area (Å²) in [5, 5.41) is 11.2. The summed E-state index contributed by atoms with van der Waals surface area (Å²) >= 11 is 0. The Balaban J connectivity index is 2.28. The van der Waals surface area contributed by atoms with Crippen molar-refractivity contribution >= 4 is 5.91 Å². The molecule has 1 amide bonds. The third kappa shape index (κ3) is 4.58. The molecule has 0 bridgehead atoms. The first-order valence-corrected chi connectivity index (χ1v) is 5.08. The Morgan fingerprint density at radius 2 is 2.12 bits per heavy atom. The number of carbonyl (C=O) groups excluding carboxylic acids is 1. The average molecular weight is 217 g/mol. The van der Waals surface area contributed by atoms with Crippen LogP contribution in [0.3, 0.4) is 0 Å². The van der Waals surface area contributed by atoms with E-state index in [2.05, 4.69) is 5.32 Å². The van der Waals surface area contributed by atoms with Crippen LogP contribution in [-0.4, -0.2) is 30.9 Å². The molecule has 84 valence electrons. The van der Waals surface area contributed by atoms with E-state index >= 15 is 0 Å². The molecule has 0 radical (unpaired) electrons. The predicted molar refractivity (Wildman–Crippen MR) is 61.4 cm³/mol. The molecule has 0 fully saturated rings. The Kier molecular flexibility index (Phi) is 5.03. The summed E-state index contributed by atoms with van der Waals surface area (Å²) in [6.45, 7) is 1.04. The third-order valence-electron chi connectivity index (χ3n) is 2.09. The van der Waals surface area contributed by atoms with Gasteiger partial charge in [0.05, 0.1) is 19.2 Å². The van der Waals surface area contributed by atoms with E-state index < -0.39 is 0 Å². The zero-order chi connectivity index (χ0) is 11.8. The van der Waals surface area contributed by atoms with Crippen molar-refractivity contribution in [3.63, 3.8) is 0 Å². The van der Waals surface area contributed by atoms with Gasteiger partial charge >= 0.3 is 0 Å². The van der Waals surface area contributed by atoms with E-state index in [9.17, 15) is 4.79 Å². The molecule has 0 aliphatic rings. The molecule has 1 aromatic carbocycles. The fourth-order valence-electron chi connectivity index (χ4n) is 1.27. The van der Waals surface area contributed by atoms with Crippen LogP contribution >= 0.6 is 0 Å². The summed E-state index contributed by atoms with van der Waals surface area (Å²) in [6, 6.07) is 11.7. The summed E-state index contributed by atoms with van der Waals surface area (Å²) in [7, 11) is 1.74. The van der Waals surface area contributed by atoms with Gasteiger partial charge in [-0.3, -0.25) is 9.69 Å². The van der Waals surface area contributed by atoms with E-state index in [0.717, 1.165) is 5.56 Å². The van der Waals surface area contributed by atoms with Crippen LogP contribution in [-0.2, 0) is 11.3 Å². The van der Waals surface area contributed by atoms with Crippen molar-refractivity contribution in [2.45, 2.75) is 6.54 Å². The molecule has 0 aliphatic carbocycles. The van der Waals surface area contributed by atoms with Crippen LogP contribution < -0.4 is 5.32 Å². The lowest BCUT2D eigenvalue weighted by Crippen LogP contribution is -2.34. The van der Waals surface area contributed by atoms with Gasteiger partial charge in [-0.25, -0.2) is 0 Å². The van der Waals surface area contributed by atoms with Crippen LogP contribution in [0.1, 0.15) is 5.56 Å². The number of hydrogen-bond donors (Lipinski definition) is 1. The minimum atomic E-state index is -0.0680. The highest BCUT2D eigenvalue weighted by Crippen LogP contribution is 1.96. The molecule has 4 heteroatoms. The van der Waals surface area contributed by atoms with Gasteiger partial charge in [0.1, 0.15) is 0 Å². The number of likely N-dealkylation sites (N-methyl/N-ethyl adjacent to an activating group) is 1. The zero-order valence-corrected chi connectivity index (χ0v) is 9.31. The van der Waals surface area contributed by atoms with E-state index in [0.29, 0.717) is 6.54 Å². The van der Waals surface area contributed by atoms with E-state index in [-0.39, 0.29) is 19.0 Å². The fraction of sp³-hybridized carbons (Fsp3) is 0.333. The Hall–Kier alpha value is -1.86. The van der Waals surface area contributed by atoms with Crippen LogP contribution in [0.15, 0.2) is 30.3 Å². The van der Waals surface area contributed by atoms with Crippen LogP contribution in [0.4, 0.5) is 0 Å². The molecule has 0 spiro atoms. The number of rotatable bonds is 5. The second kappa shape index (κ2) is 6.59. The van der Waals surface area contributed by atoms with Gasteiger partial charge in [-0.15, -0.1) is 0 Å². The molecule has 0 heterocycles. The largest absolute Gasteiger partial charge is 0.351 e. The Bertz CT molecular complexity index is 370. The molecular formula is C12H15N3O. The SMILES string of the molecule is CN(CC#N)CC(=O)NCc1ccccc1. The Morgan fingerprint density at radius 3 is 2.75 bits per heavy atom. The predicted octanol–water partition coefficient (Wildman–Crippen LogP) is 0.758. The standard InChI is InChI=1S/C12H15N3O/c1-15(8-7-13)10-12(16)14-9-11-5-3-2-4-6-11/h2-6H,8-10H2,1H3,(H,14,16). The summed E-state index contributed by atoms with van der Waals surface area (Å²) in [4.78, 5) is 13.1. The van der Waals surface area contributed by atoms with Crippen LogP contribution in [0.2, 0.25) is 0 Å². The number of carbonyl (C=O) groups is 1. The molecule has 0 unspecified atom stereocenters. The first kappa shape index (κ1) is 12.2. The number of benzene rings is 1. The topological polar surface area (TPSA) is 56.1 Å². The molecule has 4 nitrogen and oxygen atoms in total. The van der Waals surface area contributed by atoms with E-state index in [4.69, 9.17) is 5.26 Å². The minimum Gasteiger partial charge on any atom is -0.351 e. The van der Waals surface area contributed by atoms with Gasteiger partial charge in [-0.1, -0.05) is 30.3 Å². The van der Waals surface area contributed by atoms with Gasteiger partial charge in [0, 0.05) is 6.54 Å². The number of hydrogen-bond acceptors (Lipinski definition) is 3. The summed E-state index contributed by atoms with van der Waals surface area (Å²) in [5.41, 5.74) is 1.07. The first-order valence-electron chi connectivity index (χ1n) is 5.08. The van der Waals surface area contributed by atoms with Gasteiger partial charge in [0.25, 0.3) is 0 Å².